The van der Waals surface area contributed by atoms with Gasteiger partial charge in [-0.15, -0.1) is 0 Å². The second-order valence-electron chi connectivity index (χ2n) is 13.6. The number of fused-ring (bicyclic) bond motifs is 1. The average Bonchev–Trinajstić information content (AvgIpc) is 3.32. The third kappa shape index (κ3) is 9.43. The van der Waals surface area contributed by atoms with Crippen molar-refractivity contribution in [3.8, 4) is 0 Å². The summed E-state index contributed by atoms with van der Waals surface area (Å²) < 4.78 is 0. The monoisotopic (exact) mass is 631 g/mol. The SMILES string of the molecule is CC(C)(C)NC(=O)[C@@H]1CN(Cc2cccnc2)CCN1C[C@@H](O)C[C@H](Cc1ccccc1)C(=O)N[C@H]1c2ccccc2C[C@H]1O.O. The number of benzene rings is 2. The van der Waals surface area contributed by atoms with Crippen molar-refractivity contribution in [2.45, 2.75) is 76.4 Å². The van der Waals surface area contributed by atoms with Crippen molar-refractivity contribution in [3.05, 3.63) is 101 Å². The lowest BCUT2D eigenvalue weighted by Crippen LogP contribution is -2.61. The fourth-order valence-corrected chi connectivity index (χ4v) is 6.56. The van der Waals surface area contributed by atoms with Crippen molar-refractivity contribution in [2.24, 2.45) is 5.92 Å². The summed E-state index contributed by atoms with van der Waals surface area (Å²) >= 11 is 0. The number of β-amino-alcohol motifs (C(OH)–C–C–N with tert-alkyl or cyclic N) is 1. The van der Waals surface area contributed by atoms with E-state index in [1.54, 1.807) is 6.20 Å². The highest BCUT2D eigenvalue weighted by atomic mass is 16.3. The number of aromatic nitrogens is 1. The van der Waals surface area contributed by atoms with E-state index in [0.717, 1.165) is 28.8 Å². The van der Waals surface area contributed by atoms with Crippen LogP contribution in [-0.4, -0.2) is 92.3 Å². The van der Waals surface area contributed by atoms with Crippen molar-refractivity contribution in [3.63, 3.8) is 0 Å². The summed E-state index contributed by atoms with van der Waals surface area (Å²) in [6.07, 6.45) is 3.26. The summed E-state index contributed by atoms with van der Waals surface area (Å²) in [5.41, 5.74) is 3.68. The number of carbonyl (C=O) groups excluding carboxylic acids is 2. The van der Waals surface area contributed by atoms with Crippen LogP contribution in [0.4, 0.5) is 0 Å². The molecule has 2 heterocycles. The lowest BCUT2D eigenvalue weighted by Gasteiger charge is -2.42. The topological polar surface area (TPSA) is 150 Å². The highest BCUT2D eigenvalue weighted by molar-refractivity contribution is 5.83. The number of carbonyl (C=O) groups is 2. The lowest BCUT2D eigenvalue weighted by atomic mass is 9.91. The fraction of sp³-hybridized carbons (Fsp3) is 0.472. The predicted molar refractivity (Wildman–Crippen MR) is 178 cm³/mol. The Bertz CT molecular complexity index is 1420. The van der Waals surface area contributed by atoms with E-state index >= 15 is 0 Å². The Morgan fingerprint density at radius 1 is 1.00 bits per heavy atom. The van der Waals surface area contributed by atoms with Gasteiger partial charge >= 0.3 is 0 Å². The van der Waals surface area contributed by atoms with E-state index in [0.29, 0.717) is 32.5 Å². The molecule has 2 aromatic carbocycles. The molecule has 1 aliphatic heterocycles. The third-order valence-electron chi connectivity index (χ3n) is 8.70. The van der Waals surface area contributed by atoms with Crippen molar-refractivity contribution < 1.29 is 25.3 Å². The Morgan fingerprint density at radius 3 is 2.43 bits per heavy atom. The van der Waals surface area contributed by atoms with Crippen LogP contribution in [0.2, 0.25) is 0 Å². The fourth-order valence-electron chi connectivity index (χ4n) is 6.56. The minimum absolute atomic E-state index is 0. The Balaban J connectivity index is 0.00000480. The summed E-state index contributed by atoms with van der Waals surface area (Å²) in [5.74, 6) is -0.781. The number of aliphatic hydroxyl groups excluding tert-OH is 2. The Labute approximate surface area is 272 Å². The Morgan fingerprint density at radius 2 is 1.72 bits per heavy atom. The van der Waals surface area contributed by atoms with Crippen molar-refractivity contribution in [1.29, 1.82) is 0 Å². The van der Waals surface area contributed by atoms with Crippen molar-refractivity contribution in [2.75, 3.05) is 26.2 Å². The molecule has 10 heteroatoms. The second-order valence-corrected chi connectivity index (χ2v) is 13.6. The van der Waals surface area contributed by atoms with Gasteiger partial charge in [0.2, 0.25) is 11.8 Å². The van der Waals surface area contributed by atoms with Gasteiger partial charge in [0.15, 0.2) is 0 Å². The molecule has 2 amide bonds. The standard InChI is InChI=1S/C36H47N5O4.H2O/c1-36(2,3)39-35(45)31-24-40(22-26-12-9-15-37-21-26)16-17-41(31)23-29(42)19-28(18-25-10-5-4-6-11-25)34(44)38-33-30-14-8-7-13-27(30)20-32(33)43;/h4-15,21,28-29,31-33,42-43H,16-20,22-24H2,1-3H3,(H,38,44)(H,39,45);1H2/t28-,29-,31-,32+,33-;/m0./s1. The molecule has 1 saturated heterocycles. The van der Waals surface area contributed by atoms with Gasteiger partial charge in [-0.25, -0.2) is 0 Å². The van der Waals surface area contributed by atoms with Gasteiger partial charge in [0.1, 0.15) is 6.04 Å². The molecule has 6 N–H and O–H groups in total. The molecule has 5 rings (SSSR count). The first-order chi connectivity index (χ1) is 21.6. The molecule has 0 spiro atoms. The predicted octanol–water partition coefficient (Wildman–Crippen LogP) is 2.04. The first-order valence-electron chi connectivity index (χ1n) is 16.0. The van der Waals surface area contributed by atoms with Crippen molar-refractivity contribution >= 4 is 11.8 Å². The first kappa shape index (κ1) is 35.2. The Hall–Kier alpha value is -3.67. The van der Waals surface area contributed by atoms with Gasteiger partial charge < -0.3 is 26.3 Å². The summed E-state index contributed by atoms with van der Waals surface area (Å²) in [4.78, 5) is 35.9. The average molecular weight is 632 g/mol. The van der Waals surface area contributed by atoms with E-state index < -0.39 is 35.7 Å². The van der Waals surface area contributed by atoms with E-state index in [9.17, 15) is 19.8 Å². The maximum Gasteiger partial charge on any atom is 0.239 e. The highest BCUT2D eigenvalue weighted by Gasteiger charge is 2.37. The zero-order chi connectivity index (χ0) is 32.0. The van der Waals surface area contributed by atoms with Gasteiger partial charge in [0.05, 0.1) is 18.2 Å². The van der Waals surface area contributed by atoms with Crippen LogP contribution in [0.25, 0.3) is 0 Å². The van der Waals surface area contributed by atoms with E-state index in [1.165, 1.54) is 0 Å². The first-order valence-corrected chi connectivity index (χ1v) is 16.0. The lowest BCUT2D eigenvalue weighted by molar-refractivity contribution is -0.132. The van der Waals surface area contributed by atoms with Crippen LogP contribution in [-0.2, 0) is 29.0 Å². The van der Waals surface area contributed by atoms with Gasteiger partial charge in [-0.1, -0.05) is 60.7 Å². The van der Waals surface area contributed by atoms with E-state index in [4.69, 9.17) is 0 Å². The highest BCUT2D eigenvalue weighted by Crippen LogP contribution is 2.32. The largest absolute Gasteiger partial charge is 0.412 e. The zero-order valence-corrected chi connectivity index (χ0v) is 27.1. The summed E-state index contributed by atoms with van der Waals surface area (Å²) in [7, 11) is 0. The molecule has 248 valence electrons. The van der Waals surface area contributed by atoms with Crippen LogP contribution in [0, 0.1) is 5.92 Å². The van der Waals surface area contributed by atoms with Crippen LogP contribution in [0.15, 0.2) is 79.1 Å². The maximum atomic E-state index is 13.8. The van der Waals surface area contributed by atoms with Gasteiger partial charge in [0, 0.05) is 63.0 Å². The van der Waals surface area contributed by atoms with E-state index in [1.807, 2.05) is 93.7 Å². The normalized spacial score (nSPS) is 21.5. The minimum atomic E-state index is -0.833. The molecular weight excluding hydrogens is 582 g/mol. The van der Waals surface area contributed by atoms with Crippen molar-refractivity contribution in [1.82, 2.24) is 25.4 Å². The number of amides is 2. The summed E-state index contributed by atoms with van der Waals surface area (Å²) in [5, 5.41) is 28.5. The third-order valence-corrected chi connectivity index (χ3v) is 8.70. The minimum Gasteiger partial charge on any atom is -0.412 e. The molecule has 2 aliphatic rings. The Kier molecular flexibility index (Phi) is 12.0. The van der Waals surface area contributed by atoms with Crippen LogP contribution in [0.3, 0.4) is 0 Å². The molecule has 46 heavy (non-hydrogen) atoms. The van der Waals surface area contributed by atoms with Crippen LogP contribution < -0.4 is 10.6 Å². The molecule has 5 atom stereocenters. The number of hydrogen-bond donors (Lipinski definition) is 4. The number of piperazine rings is 1. The van der Waals surface area contributed by atoms with Gasteiger partial charge in [-0.05, 0) is 61.9 Å². The number of rotatable bonds is 11. The molecule has 0 unspecified atom stereocenters. The van der Waals surface area contributed by atoms with Gasteiger partial charge in [0.25, 0.3) is 0 Å². The second kappa shape index (κ2) is 15.8. The van der Waals surface area contributed by atoms with Crippen LogP contribution >= 0.6 is 0 Å². The molecule has 0 saturated carbocycles. The molecule has 1 fully saturated rings. The number of pyridine rings is 1. The molecule has 10 nitrogen and oxygen atoms in total. The van der Waals surface area contributed by atoms with Gasteiger partial charge in [-0.2, -0.15) is 0 Å². The number of hydrogen-bond acceptors (Lipinski definition) is 7. The molecular formula is C36H49N5O5. The molecule has 0 bridgehead atoms. The maximum absolute atomic E-state index is 13.8. The zero-order valence-electron chi connectivity index (χ0n) is 27.1. The van der Waals surface area contributed by atoms with Crippen LogP contribution in [0.1, 0.15) is 55.5 Å². The van der Waals surface area contributed by atoms with E-state index in [-0.39, 0.29) is 30.3 Å². The number of nitrogens with one attached hydrogen (secondary N) is 2. The molecule has 3 aromatic rings. The number of aliphatic hydroxyl groups is 2. The van der Waals surface area contributed by atoms with Gasteiger partial charge in [-0.3, -0.25) is 24.4 Å². The smallest absolute Gasteiger partial charge is 0.239 e. The number of nitrogens with zero attached hydrogens (tertiary/aromatic N) is 3. The van der Waals surface area contributed by atoms with E-state index in [2.05, 4.69) is 25.4 Å². The quantitative estimate of drug-likeness (QED) is 0.253. The summed E-state index contributed by atoms with van der Waals surface area (Å²) in [6, 6.07) is 20.6. The van der Waals surface area contributed by atoms with Crippen LogP contribution in [0.5, 0.6) is 0 Å². The summed E-state index contributed by atoms with van der Waals surface area (Å²) in [6.45, 7) is 8.74. The molecule has 1 aliphatic carbocycles. The molecule has 1 aromatic heterocycles. The molecule has 0 radical (unpaired) electrons.